The third-order valence-corrected chi connectivity index (χ3v) is 8.66. The van der Waals surface area contributed by atoms with Gasteiger partial charge in [0.15, 0.2) is 0 Å². The van der Waals surface area contributed by atoms with Gasteiger partial charge >= 0.3 is 0 Å². The lowest BCUT2D eigenvalue weighted by molar-refractivity contribution is -0.129. The number of carbonyl (C=O) groups is 1. The number of nitrogens with one attached hydrogen (secondary N) is 3. The Balaban J connectivity index is 1.65. The maximum Gasteiger partial charge on any atom is 0.243 e. The SMILES string of the molecule is CCCC1NN(C)C2C(=O)NC(c3cc(S(=O)(=O)N4CCN(C)CC4)ccc3OCC)NC12. The summed E-state index contributed by atoms with van der Waals surface area (Å²) in [4.78, 5) is 15.4. The van der Waals surface area contributed by atoms with Crippen LogP contribution >= 0.6 is 0 Å². The molecule has 4 atom stereocenters. The Hall–Kier alpha value is -1.76. The molecule has 33 heavy (non-hydrogen) atoms. The summed E-state index contributed by atoms with van der Waals surface area (Å²) in [5.41, 5.74) is 4.02. The van der Waals surface area contributed by atoms with E-state index < -0.39 is 16.2 Å². The summed E-state index contributed by atoms with van der Waals surface area (Å²) in [5.74, 6) is 0.476. The van der Waals surface area contributed by atoms with Crippen molar-refractivity contribution >= 4 is 15.9 Å². The lowest BCUT2D eigenvalue weighted by Gasteiger charge is -2.37. The molecule has 3 saturated heterocycles. The van der Waals surface area contributed by atoms with Crippen LogP contribution in [0.25, 0.3) is 0 Å². The maximum atomic E-state index is 13.4. The molecule has 1 amide bonds. The number of rotatable bonds is 7. The molecule has 10 nitrogen and oxygen atoms in total. The van der Waals surface area contributed by atoms with Gasteiger partial charge in [-0.2, -0.15) is 4.31 Å². The van der Waals surface area contributed by atoms with Crippen LogP contribution in [0.15, 0.2) is 23.1 Å². The van der Waals surface area contributed by atoms with Crippen LogP contribution in [-0.2, 0) is 14.8 Å². The number of amides is 1. The van der Waals surface area contributed by atoms with Crippen molar-refractivity contribution in [1.29, 1.82) is 0 Å². The Bertz CT molecular complexity index is 966. The topological polar surface area (TPSA) is 106 Å². The number of likely N-dealkylation sites (N-methyl/N-ethyl adjacent to an activating group) is 2. The van der Waals surface area contributed by atoms with Crippen molar-refractivity contribution in [3.63, 3.8) is 0 Å². The van der Waals surface area contributed by atoms with Gasteiger partial charge in [0.05, 0.1) is 17.5 Å². The van der Waals surface area contributed by atoms with Crippen LogP contribution in [-0.4, -0.2) is 93.5 Å². The number of hydrogen-bond acceptors (Lipinski definition) is 8. The van der Waals surface area contributed by atoms with Crippen LogP contribution in [0.1, 0.15) is 38.4 Å². The zero-order valence-corrected chi connectivity index (χ0v) is 20.7. The number of sulfonamides is 1. The first kappa shape index (κ1) is 24.4. The normalized spacial score (nSPS) is 29.6. The molecule has 4 rings (SSSR count). The molecule has 0 saturated carbocycles. The molecule has 0 spiro atoms. The van der Waals surface area contributed by atoms with Crippen molar-refractivity contribution in [3.8, 4) is 5.75 Å². The number of fused-ring (bicyclic) bond motifs is 1. The Morgan fingerprint density at radius 1 is 1.12 bits per heavy atom. The van der Waals surface area contributed by atoms with Crippen LogP contribution in [0, 0.1) is 0 Å². The van der Waals surface area contributed by atoms with Gasteiger partial charge < -0.3 is 15.0 Å². The highest BCUT2D eigenvalue weighted by Crippen LogP contribution is 2.33. The maximum absolute atomic E-state index is 13.4. The van der Waals surface area contributed by atoms with Crippen molar-refractivity contribution in [2.45, 2.75) is 55.9 Å². The highest BCUT2D eigenvalue weighted by atomic mass is 32.2. The van der Waals surface area contributed by atoms with Crippen LogP contribution in [0.4, 0.5) is 0 Å². The number of carbonyl (C=O) groups excluding carboxylic acids is 1. The molecule has 0 aliphatic carbocycles. The number of piperazine rings is 1. The number of nitrogens with zero attached hydrogens (tertiary/aromatic N) is 3. The second kappa shape index (κ2) is 9.85. The largest absolute Gasteiger partial charge is 0.493 e. The van der Waals surface area contributed by atoms with E-state index in [4.69, 9.17) is 4.74 Å². The molecule has 3 fully saturated rings. The minimum Gasteiger partial charge on any atom is -0.493 e. The predicted molar refractivity (Wildman–Crippen MR) is 125 cm³/mol. The number of hydrazine groups is 1. The first-order valence-electron chi connectivity index (χ1n) is 11.8. The molecule has 3 heterocycles. The summed E-state index contributed by atoms with van der Waals surface area (Å²) in [7, 11) is 0.222. The Kier molecular flexibility index (Phi) is 7.27. The number of benzene rings is 1. The van der Waals surface area contributed by atoms with E-state index in [9.17, 15) is 13.2 Å². The van der Waals surface area contributed by atoms with Gasteiger partial charge in [-0.1, -0.05) is 13.3 Å². The van der Waals surface area contributed by atoms with Crippen molar-refractivity contribution in [2.75, 3.05) is 46.9 Å². The molecule has 11 heteroatoms. The lowest BCUT2D eigenvalue weighted by Crippen LogP contribution is -2.62. The highest BCUT2D eigenvalue weighted by molar-refractivity contribution is 7.89. The quantitative estimate of drug-likeness (QED) is 0.505. The van der Waals surface area contributed by atoms with E-state index >= 15 is 0 Å². The Morgan fingerprint density at radius 2 is 1.85 bits per heavy atom. The van der Waals surface area contributed by atoms with Gasteiger partial charge in [0.1, 0.15) is 18.0 Å². The van der Waals surface area contributed by atoms with Crippen molar-refractivity contribution < 1.29 is 17.9 Å². The van der Waals surface area contributed by atoms with E-state index in [2.05, 4.69) is 27.9 Å². The molecule has 3 N–H and O–H groups in total. The molecule has 0 bridgehead atoms. The summed E-state index contributed by atoms with van der Waals surface area (Å²) in [6.45, 7) is 6.76. The second-order valence-electron chi connectivity index (χ2n) is 9.05. The molecule has 3 aliphatic rings. The zero-order valence-electron chi connectivity index (χ0n) is 19.9. The van der Waals surface area contributed by atoms with Crippen molar-refractivity contribution in [1.82, 2.24) is 30.3 Å². The lowest BCUT2D eigenvalue weighted by atomic mass is 9.94. The smallest absolute Gasteiger partial charge is 0.243 e. The monoisotopic (exact) mass is 480 g/mol. The first-order valence-corrected chi connectivity index (χ1v) is 13.2. The fraction of sp³-hybridized carbons (Fsp3) is 0.682. The van der Waals surface area contributed by atoms with Gasteiger partial charge in [-0.15, -0.1) is 0 Å². The fourth-order valence-corrected chi connectivity index (χ4v) is 6.45. The van der Waals surface area contributed by atoms with Gasteiger partial charge in [0.2, 0.25) is 15.9 Å². The summed E-state index contributed by atoms with van der Waals surface area (Å²) >= 11 is 0. The highest BCUT2D eigenvalue weighted by Gasteiger charge is 2.48. The van der Waals surface area contributed by atoms with E-state index in [1.54, 1.807) is 18.2 Å². The number of ether oxygens (including phenoxy) is 1. The van der Waals surface area contributed by atoms with Gasteiger partial charge in [0.25, 0.3) is 0 Å². The van der Waals surface area contributed by atoms with E-state index in [0.29, 0.717) is 44.1 Å². The summed E-state index contributed by atoms with van der Waals surface area (Å²) in [5, 5.41) is 8.45. The van der Waals surface area contributed by atoms with E-state index in [-0.39, 0.29) is 28.9 Å². The Labute approximate surface area is 196 Å². The third-order valence-electron chi connectivity index (χ3n) is 6.77. The molecule has 4 unspecified atom stereocenters. The molecular formula is C22H36N6O4S. The zero-order chi connectivity index (χ0) is 23.8. The first-order chi connectivity index (χ1) is 15.8. The van der Waals surface area contributed by atoms with E-state index in [1.165, 1.54) is 4.31 Å². The number of hydrogen-bond donors (Lipinski definition) is 3. The van der Waals surface area contributed by atoms with E-state index in [0.717, 1.165) is 12.8 Å². The van der Waals surface area contributed by atoms with Crippen molar-refractivity contribution in [3.05, 3.63) is 23.8 Å². The molecule has 1 aromatic rings. The molecule has 0 aromatic heterocycles. The van der Waals surface area contributed by atoms with Gasteiger partial charge in [-0.05, 0) is 38.6 Å². The summed E-state index contributed by atoms with van der Waals surface area (Å²) in [6, 6.07) is 4.64. The van der Waals surface area contributed by atoms with Crippen LogP contribution in [0.3, 0.4) is 0 Å². The average Bonchev–Trinajstić information content (AvgIpc) is 3.10. The molecular weight excluding hydrogens is 444 g/mol. The van der Waals surface area contributed by atoms with Crippen LogP contribution in [0.5, 0.6) is 5.75 Å². The van der Waals surface area contributed by atoms with Gasteiger partial charge in [-0.3, -0.25) is 10.1 Å². The molecule has 184 valence electrons. The van der Waals surface area contributed by atoms with Gasteiger partial charge in [-0.25, -0.2) is 18.9 Å². The molecule has 0 radical (unpaired) electrons. The predicted octanol–water partition coefficient (Wildman–Crippen LogP) is 0.0953. The third kappa shape index (κ3) is 4.75. The fourth-order valence-electron chi connectivity index (χ4n) is 4.99. The minimum absolute atomic E-state index is 0.0906. The second-order valence-corrected chi connectivity index (χ2v) is 11.0. The standard InChI is InChI=1S/C22H36N6O4S/c1-5-7-17-19-20(27(4)25-17)22(29)24-21(23-19)16-14-15(8-9-18(16)32-6-2)33(30,31)28-12-10-26(3)11-13-28/h8-9,14,17,19-21,23,25H,5-7,10-13H2,1-4H3,(H,24,29). The molecule has 3 aliphatic heterocycles. The van der Waals surface area contributed by atoms with Crippen LogP contribution in [0.2, 0.25) is 0 Å². The Morgan fingerprint density at radius 3 is 2.52 bits per heavy atom. The van der Waals surface area contributed by atoms with Gasteiger partial charge in [0, 0.05) is 44.8 Å². The summed E-state index contributed by atoms with van der Waals surface area (Å²) < 4.78 is 34.1. The summed E-state index contributed by atoms with van der Waals surface area (Å²) in [6.07, 6.45) is 1.37. The minimum atomic E-state index is -3.65. The van der Waals surface area contributed by atoms with Crippen LogP contribution < -0.4 is 20.8 Å². The van der Waals surface area contributed by atoms with E-state index in [1.807, 2.05) is 26.0 Å². The van der Waals surface area contributed by atoms with Crippen molar-refractivity contribution in [2.24, 2.45) is 0 Å². The molecule has 1 aromatic carbocycles. The average molecular weight is 481 g/mol.